The van der Waals surface area contributed by atoms with Crippen molar-refractivity contribution in [1.82, 2.24) is 5.01 Å². The molecule has 0 aromatic heterocycles. The molecule has 6 rings (SSSR count). The fraction of sp³-hybridized carbons (Fsp3) is 0.107. The van der Waals surface area contributed by atoms with Gasteiger partial charge < -0.3 is 4.74 Å². The number of rotatable bonds is 3. The summed E-state index contributed by atoms with van der Waals surface area (Å²) >= 11 is 12.7. The van der Waals surface area contributed by atoms with Crippen LogP contribution < -0.4 is 4.74 Å². The van der Waals surface area contributed by atoms with E-state index in [1.54, 1.807) is 6.07 Å². The van der Waals surface area contributed by atoms with Gasteiger partial charge in [0.25, 0.3) is 0 Å². The molecular formula is C28H20Cl2N2O. The molecule has 2 atom stereocenters. The van der Waals surface area contributed by atoms with Gasteiger partial charge >= 0.3 is 0 Å². The Balaban J connectivity index is 1.38. The van der Waals surface area contributed by atoms with Crippen LogP contribution >= 0.6 is 23.2 Å². The third kappa shape index (κ3) is 3.68. The molecule has 0 fully saturated rings. The smallest absolute Gasteiger partial charge is 0.215 e. The van der Waals surface area contributed by atoms with E-state index in [1.165, 1.54) is 11.1 Å². The predicted molar refractivity (Wildman–Crippen MR) is 134 cm³/mol. The molecule has 0 radical (unpaired) electrons. The summed E-state index contributed by atoms with van der Waals surface area (Å²) in [6.45, 7) is 0. The van der Waals surface area contributed by atoms with Crippen molar-refractivity contribution in [3.63, 3.8) is 0 Å². The third-order valence-electron chi connectivity index (χ3n) is 6.25. The minimum absolute atomic E-state index is 0.0792. The van der Waals surface area contributed by atoms with Gasteiger partial charge in [0, 0.05) is 22.6 Å². The zero-order chi connectivity index (χ0) is 22.4. The molecule has 0 spiro atoms. The highest BCUT2D eigenvalue weighted by atomic mass is 35.5. The Morgan fingerprint density at radius 1 is 0.727 bits per heavy atom. The lowest BCUT2D eigenvalue weighted by molar-refractivity contribution is -0.0189. The second-order valence-corrected chi connectivity index (χ2v) is 9.11. The highest BCUT2D eigenvalue weighted by Gasteiger charge is 2.41. The van der Waals surface area contributed by atoms with Crippen LogP contribution in [0.3, 0.4) is 0 Å². The van der Waals surface area contributed by atoms with Crippen molar-refractivity contribution in [2.24, 2.45) is 5.10 Å². The van der Waals surface area contributed by atoms with E-state index in [-0.39, 0.29) is 6.04 Å². The molecule has 2 aliphatic rings. The van der Waals surface area contributed by atoms with Gasteiger partial charge in [0.1, 0.15) is 5.75 Å². The first kappa shape index (κ1) is 20.3. The highest BCUT2D eigenvalue weighted by molar-refractivity contribution is 6.35. The van der Waals surface area contributed by atoms with Gasteiger partial charge in [-0.2, -0.15) is 5.10 Å². The van der Waals surface area contributed by atoms with E-state index in [2.05, 4.69) is 54.6 Å². The summed E-state index contributed by atoms with van der Waals surface area (Å²) in [6.07, 6.45) is 0.378. The van der Waals surface area contributed by atoms with Crippen molar-refractivity contribution in [2.45, 2.75) is 18.7 Å². The van der Waals surface area contributed by atoms with Crippen LogP contribution in [0.4, 0.5) is 0 Å². The molecule has 0 saturated heterocycles. The monoisotopic (exact) mass is 470 g/mol. The quantitative estimate of drug-likeness (QED) is 0.303. The molecule has 0 aliphatic carbocycles. The van der Waals surface area contributed by atoms with Gasteiger partial charge in [-0.15, -0.1) is 0 Å². The zero-order valence-electron chi connectivity index (χ0n) is 17.7. The molecule has 4 aromatic carbocycles. The maximum absolute atomic E-state index is 6.57. The fourth-order valence-corrected chi connectivity index (χ4v) is 5.10. The van der Waals surface area contributed by atoms with E-state index in [4.69, 9.17) is 33.0 Å². The molecule has 4 aromatic rings. The van der Waals surface area contributed by atoms with Gasteiger partial charge in [-0.3, -0.25) is 0 Å². The minimum Gasteiger partial charge on any atom is -0.464 e. The number of para-hydroxylation sites is 1. The van der Waals surface area contributed by atoms with Gasteiger partial charge in [0.05, 0.1) is 16.8 Å². The number of halogens is 2. The molecular weight excluding hydrogens is 451 g/mol. The van der Waals surface area contributed by atoms with Gasteiger partial charge in [0.15, 0.2) is 0 Å². The lowest BCUT2D eigenvalue weighted by Crippen LogP contribution is -2.33. The first-order chi connectivity index (χ1) is 16.2. The average molecular weight is 471 g/mol. The summed E-state index contributed by atoms with van der Waals surface area (Å²) in [7, 11) is 0. The zero-order valence-corrected chi connectivity index (χ0v) is 19.2. The van der Waals surface area contributed by atoms with E-state index in [1.807, 2.05) is 41.4 Å². The van der Waals surface area contributed by atoms with E-state index in [0.29, 0.717) is 10.0 Å². The number of benzene rings is 4. The summed E-state index contributed by atoms with van der Waals surface area (Å²) in [4.78, 5) is 0. The first-order valence-corrected chi connectivity index (χ1v) is 11.7. The molecule has 0 bridgehead atoms. The number of hydrogen-bond acceptors (Lipinski definition) is 3. The molecule has 2 aliphatic heterocycles. The van der Waals surface area contributed by atoms with E-state index >= 15 is 0 Å². The summed E-state index contributed by atoms with van der Waals surface area (Å²) in [5, 5.41) is 8.24. The summed E-state index contributed by atoms with van der Waals surface area (Å²) in [6, 6.07) is 32.8. The van der Waals surface area contributed by atoms with Crippen molar-refractivity contribution in [2.75, 3.05) is 0 Å². The lowest BCUT2D eigenvalue weighted by Gasteiger charge is -2.38. The summed E-state index contributed by atoms with van der Waals surface area (Å²) in [5.41, 5.74) is 6.53. The predicted octanol–water partition coefficient (Wildman–Crippen LogP) is 7.90. The Labute approximate surface area is 202 Å². The van der Waals surface area contributed by atoms with Crippen LogP contribution in [0.25, 0.3) is 11.1 Å². The number of nitrogens with zero attached hydrogens (tertiary/aromatic N) is 2. The maximum Gasteiger partial charge on any atom is 0.215 e. The van der Waals surface area contributed by atoms with E-state index < -0.39 is 6.23 Å². The van der Waals surface area contributed by atoms with E-state index in [0.717, 1.165) is 34.6 Å². The number of fused-ring (bicyclic) bond motifs is 3. The van der Waals surface area contributed by atoms with E-state index in [9.17, 15) is 0 Å². The number of hydrazone groups is 1. The SMILES string of the molecule is Clc1ccc([C@H]2Oc3ccccc3[C@H]3CC(c4ccc(-c5ccccc5)cc4)=NN32)c(Cl)c1. The molecule has 0 unspecified atom stereocenters. The Morgan fingerprint density at radius 3 is 2.21 bits per heavy atom. The Morgan fingerprint density at radius 2 is 1.42 bits per heavy atom. The van der Waals surface area contributed by atoms with Crippen molar-refractivity contribution in [3.05, 3.63) is 124 Å². The topological polar surface area (TPSA) is 24.8 Å². The first-order valence-electron chi connectivity index (χ1n) is 10.9. The second-order valence-electron chi connectivity index (χ2n) is 8.26. The molecule has 0 N–H and O–H groups in total. The largest absolute Gasteiger partial charge is 0.464 e. The number of hydrogen-bond donors (Lipinski definition) is 0. The second kappa shape index (κ2) is 8.26. The summed E-state index contributed by atoms with van der Waals surface area (Å²) in [5.74, 6) is 0.866. The average Bonchev–Trinajstić information content (AvgIpc) is 3.30. The fourth-order valence-electron chi connectivity index (χ4n) is 4.60. The molecule has 5 heteroatoms. The highest BCUT2D eigenvalue weighted by Crippen LogP contribution is 2.48. The third-order valence-corrected chi connectivity index (χ3v) is 6.82. The van der Waals surface area contributed by atoms with Gasteiger partial charge in [0.2, 0.25) is 6.23 Å². The van der Waals surface area contributed by atoms with Gasteiger partial charge in [-0.1, -0.05) is 102 Å². The molecule has 33 heavy (non-hydrogen) atoms. The molecule has 0 saturated carbocycles. The van der Waals surface area contributed by atoms with Crippen LogP contribution in [-0.2, 0) is 0 Å². The van der Waals surface area contributed by atoms with Crippen molar-refractivity contribution in [1.29, 1.82) is 0 Å². The van der Waals surface area contributed by atoms with Gasteiger partial charge in [-0.05, 0) is 34.9 Å². The molecule has 162 valence electrons. The van der Waals surface area contributed by atoms with Crippen molar-refractivity contribution in [3.8, 4) is 16.9 Å². The molecule has 0 amide bonds. The lowest BCUT2D eigenvalue weighted by atomic mass is 9.95. The Kier molecular flexibility index (Phi) is 5.09. The normalized spacial score (nSPS) is 18.8. The number of ether oxygens (including phenoxy) is 1. The van der Waals surface area contributed by atoms with Crippen LogP contribution in [0.1, 0.15) is 35.4 Å². The van der Waals surface area contributed by atoms with Crippen LogP contribution in [0.5, 0.6) is 5.75 Å². The summed E-state index contributed by atoms with van der Waals surface area (Å²) < 4.78 is 6.41. The molecule has 3 nitrogen and oxygen atoms in total. The van der Waals surface area contributed by atoms with Gasteiger partial charge in [-0.25, -0.2) is 5.01 Å². The maximum atomic E-state index is 6.57. The standard InChI is InChI=1S/C28H20Cl2N2O/c29-21-14-15-22(24(30)16-21)28-32-26(23-8-4-5-9-27(23)33-28)17-25(31-32)20-12-10-19(11-13-20)18-6-2-1-3-7-18/h1-16,26,28H,17H2/t26-,28-/m1/s1. The molecule has 2 heterocycles. The Hall–Kier alpha value is -3.27. The van der Waals surface area contributed by atoms with Crippen LogP contribution in [0.2, 0.25) is 10.0 Å². The van der Waals surface area contributed by atoms with Crippen molar-refractivity contribution >= 4 is 28.9 Å². The van der Waals surface area contributed by atoms with Crippen molar-refractivity contribution < 1.29 is 4.74 Å². The Bertz CT molecular complexity index is 1350. The van der Waals surface area contributed by atoms with Crippen LogP contribution in [0, 0.1) is 0 Å². The minimum atomic E-state index is -0.421. The van der Waals surface area contributed by atoms with Crippen LogP contribution in [0.15, 0.2) is 102 Å². The van der Waals surface area contributed by atoms with Crippen LogP contribution in [-0.4, -0.2) is 10.7 Å².